The summed E-state index contributed by atoms with van der Waals surface area (Å²) in [6, 6.07) is 3.00. The molecule has 0 aliphatic rings. The van der Waals surface area contributed by atoms with Gasteiger partial charge in [-0.1, -0.05) is 0 Å². The quantitative estimate of drug-likeness (QED) is 0.798. The van der Waals surface area contributed by atoms with Gasteiger partial charge in [-0.2, -0.15) is 0 Å². The Bertz CT molecular complexity index is 518. The first-order valence-electron chi connectivity index (χ1n) is 5.42. The summed E-state index contributed by atoms with van der Waals surface area (Å²) in [5.41, 5.74) is 5.91. The third-order valence-corrected chi connectivity index (χ3v) is 2.49. The van der Waals surface area contributed by atoms with Crippen LogP contribution in [-0.4, -0.2) is 33.9 Å². The molecular formula is C11H14N4O3. The normalized spacial score (nSPS) is 14.2. The highest BCUT2D eigenvalue weighted by Crippen LogP contribution is 2.20. The van der Waals surface area contributed by atoms with Gasteiger partial charge in [0.2, 0.25) is 0 Å². The number of furan rings is 1. The van der Waals surface area contributed by atoms with Crippen molar-refractivity contribution in [3.05, 3.63) is 36.3 Å². The molecule has 0 saturated carbocycles. The number of carbonyl (C=O) groups is 1. The Labute approximate surface area is 104 Å². The number of aromatic nitrogens is 3. The summed E-state index contributed by atoms with van der Waals surface area (Å²) in [7, 11) is 1.28. The maximum absolute atomic E-state index is 11.3. The lowest BCUT2D eigenvalue weighted by molar-refractivity contribution is 0.0586. The zero-order valence-corrected chi connectivity index (χ0v) is 10.1. The molecule has 2 atom stereocenters. The molecule has 18 heavy (non-hydrogen) atoms. The van der Waals surface area contributed by atoms with Gasteiger partial charge in [0.1, 0.15) is 18.1 Å². The summed E-state index contributed by atoms with van der Waals surface area (Å²) >= 11 is 0. The molecule has 0 aliphatic carbocycles. The van der Waals surface area contributed by atoms with E-state index < -0.39 is 5.97 Å². The Kier molecular flexibility index (Phi) is 3.42. The molecule has 0 saturated heterocycles. The van der Waals surface area contributed by atoms with Crippen molar-refractivity contribution < 1.29 is 13.9 Å². The van der Waals surface area contributed by atoms with Gasteiger partial charge in [0.15, 0.2) is 0 Å². The van der Waals surface area contributed by atoms with Crippen LogP contribution < -0.4 is 5.73 Å². The Morgan fingerprint density at radius 3 is 2.94 bits per heavy atom. The summed E-state index contributed by atoms with van der Waals surface area (Å²) < 4.78 is 11.4. The van der Waals surface area contributed by atoms with E-state index in [4.69, 9.17) is 10.2 Å². The van der Waals surface area contributed by atoms with Gasteiger partial charge in [-0.15, -0.1) is 5.10 Å². The lowest BCUT2D eigenvalue weighted by Crippen LogP contribution is -2.30. The van der Waals surface area contributed by atoms with E-state index in [2.05, 4.69) is 14.8 Å². The van der Waals surface area contributed by atoms with E-state index in [1.54, 1.807) is 18.4 Å². The summed E-state index contributed by atoms with van der Waals surface area (Å²) in [5, 5.41) is 4.05. The van der Waals surface area contributed by atoms with Crippen LogP contribution in [0.4, 0.5) is 0 Å². The number of esters is 1. The van der Waals surface area contributed by atoms with Crippen molar-refractivity contribution in [1.82, 2.24) is 14.8 Å². The van der Waals surface area contributed by atoms with Crippen LogP contribution >= 0.6 is 0 Å². The van der Waals surface area contributed by atoms with E-state index in [0.29, 0.717) is 5.76 Å². The highest BCUT2D eigenvalue weighted by Gasteiger charge is 2.24. The molecule has 7 heteroatoms. The number of methoxy groups -OCH3 is 1. The molecule has 2 rings (SSSR count). The smallest absolute Gasteiger partial charge is 0.377 e. The van der Waals surface area contributed by atoms with E-state index in [1.807, 2.05) is 6.92 Å². The van der Waals surface area contributed by atoms with Gasteiger partial charge in [0.05, 0.1) is 13.4 Å². The summed E-state index contributed by atoms with van der Waals surface area (Å²) in [5.74, 6) is 0.0673. The second-order valence-electron chi connectivity index (χ2n) is 3.86. The van der Waals surface area contributed by atoms with Crippen molar-refractivity contribution in [2.45, 2.75) is 19.0 Å². The molecule has 2 unspecified atom stereocenters. The largest absolute Gasteiger partial charge is 0.467 e. The maximum atomic E-state index is 11.3. The summed E-state index contributed by atoms with van der Waals surface area (Å²) in [4.78, 5) is 15.2. The summed E-state index contributed by atoms with van der Waals surface area (Å²) in [6.07, 6.45) is 2.99. The van der Waals surface area contributed by atoms with E-state index in [9.17, 15) is 4.79 Å². The molecule has 2 aromatic rings. The predicted octanol–water partition coefficient (Wildman–Crippen LogP) is 0.594. The molecular weight excluding hydrogens is 236 g/mol. The van der Waals surface area contributed by atoms with Crippen LogP contribution in [-0.2, 0) is 4.74 Å². The molecule has 2 N–H and O–H groups in total. The third kappa shape index (κ3) is 2.25. The zero-order chi connectivity index (χ0) is 13.1. The molecule has 7 nitrogen and oxygen atoms in total. The fourth-order valence-corrected chi connectivity index (χ4v) is 1.68. The second kappa shape index (κ2) is 5.01. The SMILES string of the molecule is COC(=O)c1ncn(C(c2ccco2)C(C)N)n1. The van der Waals surface area contributed by atoms with Crippen molar-refractivity contribution in [2.75, 3.05) is 7.11 Å². The van der Waals surface area contributed by atoms with Gasteiger partial charge in [-0.25, -0.2) is 14.5 Å². The first-order valence-corrected chi connectivity index (χ1v) is 5.42. The molecule has 2 heterocycles. The van der Waals surface area contributed by atoms with Crippen LogP contribution in [0.5, 0.6) is 0 Å². The van der Waals surface area contributed by atoms with Crippen LogP contribution in [0.2, 0.25) is 0 Å². The zero-order valence-electron chi connectivity index (χ0n) is 10.1. The van der Waals surface area contributed by atoms with Gasteiger partial charge >= 0.3 is 5.97 Å². The first kappa shape index (κ1) is 12.3. The fraction of sp³-hybridized carbons (Fsp3) is 0.364. The lowest BCUT2D eigenvalue weighted by Gasteiger charge is -2.18. The molecule has 0 spiro atoms. The number of hydrogen-bond donors (Lipinski definition) is 1. The topological polar surface area (TPSA) is 96.2 Å². The Hall–Kier alpha value is -2.15. The molecule has 0 fully saturated rings. The molecule has 96 valence electrons. The number of nitrogens with two attached hydrogens (primary N) is 1. The molecule has 0 aromatic carbocycles. The van der Waals surface area contributed by atoms with Gasteiger partial charge in [0.25, 0.3) is 5.82 Å². The molecule has 0 aliphatic heterocycles. The minimum absolute atomic E-state index is 0.00490. The lowest BCUT2D eigenvalue weighted by atomic mass is 10.1. The van der Waals surface area contributed by atoms with Crippen LogP contribution in [0.15, 0.2) is 29.1 Å². The van der Waals surface area contributed by atoms with Crippen molar-refractivity contribution >= 4 is 5.97 Å². The average molecular weight is 250 g/mol. The standard InChI is InChI=1S/C11H14N4O3/c1-7(12)9(8-4-3-5-18-8)15-6-13-10(14-15)11(16)17-2/h3-7,9H,12H2,1-2H3. The minimum atomic E-state index is -0.586. The van der Waals surface area contributed by atoms with Gasteiger partial charge in [0, 0.05) is 6.04 Å². The van der Waals surface area contributed by atoms with Crippen LogP contribution in [0.1, 0.15) is 29.3 Å². The highest BCUT2D eigenvalue weighted by molar-refractivity contribution is 5.84. The highest BCUT2D eigenvalue weighted by atomic mass is 16.5. The van der Waals surface area contributed by atoms with E-state index >= 15 is 0 Å². The minimum Gasteiger partial charge on any atom is -0.467 e. The molecule has 0 bridgehead atoms. The maximum Gasteiger partial charge on any atom is 0.377 e. The Morgan fingerprint density at radius 2 is 2.39 bits per heavy atom. The molecule has 0 amide bonds. The van der Waals surface area contributed by atoms with Crippen molar-refractivity contribution in [2.24, 2.45) is 5.73 Å². The van der Waals surface area contributed by atoms with E-state index in [0.717, 1.165) is 0 Å². The van der Waals surface area contributed by atoms with E-state index in [1.165, 1.54) is 18.1 Å². The Balaban J connectivity index is 2.32. The van der Waals surface area contributed by atoms with Crippen LogP contribution in [0, 0.1) is 0 Å². The second-order valence-corrected chi connectivity index (χ2v) is 3.86. The monoisotopic (exact) mass is 250 g/mol. The number of rotatable bonds is 4. The number of carbonyl (C=O) groups excluding carboxylic acids is 1. The first-order chi connectivity index (χ1) is 8.63. The molecule has 2 aromatic heterocycles. The van der Waals surface area contributed by atoms with Gasteiger partial charge < -0.3 is 14.9 Å². The van der Waals surface area contributed by atoms with Gasteiger partial charge in [-0.05, 0) is 19.1 Å². The number of nitrogens with zero attached hydrogens (tertiary/aromatic N) is 3. The van der Waals surface area contributed by atoms with Crippen LogP contribution in [0.25, 0.3) is 0 Å². The van der Waals surface area contributed by atoms with Crippen molar-refractivity contribution in [3.63, 3.8) is 0 Å². The van der Waals surface area contributed by atoms with Crippen LogP contribution in [0.3, 0.4) is 0 Å². The summed E-state index contributed by atoms with van der Waals surface area (Å²) in [6.45, 7) is 1.83. The average Bonchev–Trinajstić information content (AvgIpc) is 2.99. The van der Waals surface area contributed by atoms with Crippen molar-refractivity contribution in [3.8, 4) is 0 Å². The van der Waals surface area contributed by atoms with Gasteiger partial charge in [-0.3, -0.25) is 0 Å². The fourth-order valence-electron chi connectivity index (χ4n) is 1.68. The Morgan fingerprint density at radius 1 is 1.61 bits per heavy atom. The predicted molar refractivity (Wildman–Crippen MR) is 61.9 cm³/mol. The molecule has 0 radical (unpaired) electrons. The number of ether oxygens (including phenoxy) is 1. The number of hydrogen-bond acceptors (Lipinski definition) is 6. The van der Waals surface area contributed by atoms with Crippen molar-refractivity contribution in [1.29, 1.82) is 0 Å². The van der Waals surface area contributed by atoms with E-state index in [-0.39, 0.29) is 17.9 Å². The third-order valence-electron chi connectivity index (χ3n) is 2.49.